The molecule has 2 aliphatic rings. The standard InChI is InChI=1S/C17H26N6S.CH2O2/c1-21-11-14(10-19-21)12-22-6-2-15(3-7-22)16-4-8-23(9-5-16)17-20-18-13-24-17;2-1-3/h10-11,13,15-16H,2-9,12H2,1H3;1H,(H,2,3). The average molecular weight is 393 g/mol. The van der Waals surface area contributed by atoms with Crippen molar-refractivity contribution < 1.29 is 9.90 Å². The number of aromatic nitrogens is 4. The number of anilines is 1. The van der Waals surface area contributed by atoms with Gasteiger partial charge in [-0.1, -0.05) is 11.3 Å². The van der Waals surface area contributed by atoms with Gasteiger partial charge in [0, 0.05) is 38.4 Å². The Morgan fingerprint density at radius 3 is 2.33 bits per heavy atom. The molecule has 2 aromatic heterocycles. The molecule has 2 saturated heterocycles. The van der Waals surface area contributed by atoms with Gasteiger partial charge in [0.05, 0.1) is 6.20 Å². The summed E-state index contributed by atoms with van der Waals surface area (Å²) < 4.78 is 1.90. The van der Waals surface area contributed by atoms with Crippen LogP contribution in [-0.4, -0.2) is 62.6 Å². The largest absolute Gasteiger partial charge is 0.483 e. The first-order valence-electron chi connectivity index (χ1n) is 9.48. The number of hydrogen-bond acceptors (Lipinski definition) is 7. The highest BCUT2D eigenvalue weighted by atomic mass is 32.1. The van der Waals surface area contributed by atoms with Crippen molar-refractivity contribution in [1.29, 1.82) is 0 Å². The van der Waals surface area contributed by atoms with E-state index in [-0.39, 0.29) is 6.47 Å². The van der Waals surface area contributed by atoms with E-state index in [9.17, 15) is 0 Å². The molecule has 9 heteroatoms. The third-order valence-electron chi connectivity index (χ3n) is 5.62. The van der Waals surface area contributed by atoms with Crippen molar-refractivity contribution in [2.75, 3.05) is 31.1 Å². The van der Waals surface area contributed by atoms with Crippen LogP contribution in [0, 0.1) is 11.8 Å². The van der Waals surface area contributed by atoms with Crippen LogP contribution in [-0.2, 0) is 18.4 Å². The van der Waals surface area contributed by atoms with Crippen LogP contribution >= 0.6 is 11.3 Å². The molecule has 148 valence electrons. The highest BCUT2D eigenvalue weighted by Gasteiger charge is 2.30. The summed E-state index contributed by atoms with van der Waals surface area (Å²) in [7, 11) is 1.99. The minimum absolute atomic E-state index is 0.250. The third kappa shape index (κ3) is 5.49. The zero-order valence-corrected chi connectivity index (χ0v) is 16.6. The van der Waals surface area contributed by atoms with E-state index in [4.69, 9.17) is 9.90 Å². The van der Waals surface area contributed by atoms with Crippen molar-refractivity contribution in [3.05, 3.63) is 23.5 Å². The second-order valence-corrected chi connectivity index (χ2v) is 8.10. The Labute approximate surface area is 163 Å². The van der Waals surface area contributed by atoms with Crippen molar-refractivity contribution in [3.8, 4) is 0 Å². The first kappa shape index (κ1) is 19.8. The molecule has 0 spiro atoms. The Bertz CT molecular complexity index is 676. The van der Waals surface area contributed by atoms with Crippen LogP contribution in [0.25, 0.3) is 0 Å². The fourth-order valence-electron chi connectivity index (χ4n) is 4.26. The number of carbonyl (C=O) groups is 1. The summed E-state index contributed by atoms with van der Waals surface area (Å²) in [4.78, 5) is 13.4. The second kappa shape index (κ2) is 9.80. The summed E-state index contributed by atoms with van der Waals surface area (Å²) in [6.07, 6.45) is 9.46. The molecule has 2 aromatic rings. The van der Waals surface area contributed by atoms with E-state index in [0.717, 1.165) is 36.6 Å². The molecule has 2 fully saturated rings. The van der Waals surface area contributed by atoms with Gasteiger partial charge in [-0.3, -0.25) is 14.4 Å². The monoisotopic (exact) mass is 392 g/mol. The SMILES string of the molecule is Cn1cc(CN2CCC(C3CCN(c4nncs4)CC3)CC2)cn1.O=CO. The van der Waals surface area contributed by atoms with Gasteiger partial charge in [-0.25, -0.2) is 0 Å². The lowest BCUT2D eigenvalue weighted by Crippen LogP contribution is -2.40. The number of hydrogen-bond donors (Lipinski definition) is 1. The molecule has 0 atom stereocenters. The van der Waals surface area contributed by atoms with Crippen molar-refractivity contribution in [1.82, 2.24) is 24.9 Å². The molecule has 4 rings (SSSR count). The van der Waals surface area contributed by atoms with E-state index in [1.165, 1.54) is 44.3 Å². The average Bonchev–Trinajstić information content (AvgIpc) is 3.35. The number of piperidine rings is 2. The smallest absolute Gasteiger partial charge is 0.290 e. The maximum atomic E-state index is 8.36. The molecule has 27 heavy (non-hydrogen) atoms. The zero-order valence-electron chi connectivity index (χ0n) is 15.8. The van der Waals surface area contributed by atoms with E-state index in [0.29, 0.717) is 0 Å². The zero-order chi connectivity index (χ0) is 19.1. The summed E-state index contributed by atoms with van der Waals surface area (Å²) >= 11 is 1.66. The van der Waals surface area contributed by atoms with Gasteiger partial charge in [0.2, 0.25) is 5.13 Å². The Kier molecular flexibility index (Phi) is 7.17. The van der Waals surface area contributed by atoms with E-state index in [1.807, 2.05) is 23.4 Å². The van der Waals surface area contributed by atoms with E-state index in [1.54, 1.807) is 11.3 Å². The molecule has 0 saturated carbocycles. The Morgan fingerprint density at radius 2 is 1.81 bits per heavy atom. The van der Waals surface area contributed by atoms with Crippen LogP contribution in [0.2, 0.25) is 0 Å². The number of likely N-dealkylation sites (tertiary alicyclic amines) is 1. The molecular weight excluding hydrogens is 364 g/mol. The fourth-order valence-corrected chi connectivity index (χ4v) is 4.88. The van der Waals surface area contributed by atoms with Crippen LogP contribution < -0.4 is 4.90 Å². The van der Waals surface area contributed by atoms with Gasteiger partial charge in [-0.2, -0.15) is 5.10 Å². The highest BCUT2D eigenvalue weighted by Crippen LogP contribution is 2.34. The third-order valence-corrected chi connectivity index (χ3v) is 6.37. The minimum Gasteiger partial charge on any atom is -0.483 e. The van der Waals surface area contributed by atoms with Crippen molar-refractivity contribution >= 4 is 22.9 Å². The predicted octanol–water partition coefficient (Wildman–Crippen LogP) is 2.10. The molecule has 4 heterocycles. The van der Waals surface area contributed by atoms with Crippen LogP contribution in [0.3, 0.4) is 0 Å². The fraction of sp³-hybridized carbons (Fsp3) is 0.667. The summed E-state index contributed by atoms with van der Waals surface area (Å²) in [5, 5.41) is 20.4. The molecule has 0 bridgehead atoms. The minimum atomic E-state index is -0.250. The molecule has 0 amide bonds. The molecule has 0 unspecified atom stereocenters. The summed E-state index contributed by atoms with van der Waals surface area (Å²) in [6.45, 7) is 5.56. The van der Waals surface area contributed by atoms with E-state index >= 15 is 0 Å². The maximum Gasteiger partial charge on any atom is 0.290 e. The Balaban J connectivity index is 0.000000659. The summed E-state index contributed by atoms with van der Waals surface area (Å²) in [5.74, 6) is 1.81. The number of nitrogens with zero attached hydrogens (tertiary/aromatic N) is 6. The van der Waals surface area contributed by atoms with Crippen molar-refractivity contribution in [2.24, 2.45) is 18.9 Å². The predicted molar refractivity (Wildman–Crippen MR) is 105 cm³/mol. The van der Waals surface area contributed by atoms with Gasteiger partial charge in [0.15, 0.2) is 0 Å². The number of carboxylic acid groups (broad SMARTS) is 1. The molecular formula is C18H28N6O2S. The van der Waals surface area contributed by atoms with Crippen molar-refractivity contribution in [3.63, 3.8) is 0 Å². The van der Waals surface area contributed by atoms with Crippen molar-refractivity contribution in [2.45, 2.75) is 32.2 Å². The van der Waals surface area contributed by atoms with E-state index in [2.05, 4.69) is 31.3 Å². The van der Waals surface area contributed by atoms with Crippen LogP contribution in [0.1, 0.15) is 31.2 Å². The van der Waals surface area contributed by atoms with Gasteiger partial charge in [-0.15, -0.1) is 10.2 Å². The second-order valence-electron chi connectivity index (χ2n) is 7.29. The summed E-state index contributed by atoms with van der Waals surface area (Å²) in [5.41, 5.74) is 3.17. The van der Waals surface area contributed by atoms with Crippen LogP contribution in [0.5, 0.6) is 0 Å². The topological polar surface area (TPSA) is 87.4 Å². The Morgan fingerprint density at radius 1 is 1.19 bits per heavy atom. The van der Waals surface area contributed by atoms with Gasteiger partial charge in [0.25, 0.3) is 6.47 Å². The first-order chi connectivity index (χ1) is 13.2. The molecule has 0 aliphatic carbocycles. The molecule has 1 N–H and O–H groups in total. The molecule has 0 radical (unpaired) electrons. The van der Waals surface area contributed by atoms with E-state index < -0.39 is 0 Å². The van der Waals surface area contributed by atoms with Gasteiger partial charge in [0.1, 0.15) is 5.51 Å². The summed E-state index contributed by atoms with van der Waals surface area (Å²) in [6, 6.07) is 0. The van der Waals surface area contributed by atoms with Crippen LogP contribution in [0.4, 0.5) is 5.13 Å². The quantitative estimate of drug-likeness (QED) is 0.797. The van der Waals surface area contributed by atoms with Crippen LogP contribution in [0.15, 0.2) is 17.9 Å². The maximum absolute atomic E-state index is 8.36. The lowest BCUT2D eigenvalue weighted by Gasteiger charge is -2.40. The van der Waals surface area contributed by atoms with Gasteiger partial charge in [-0.05, 0) is 50.6 Å². The highest BCUT2D eigenvalue weighted by molar-refractivity contribution is 7.13. The number of aryl methyl sites for hydroxylation is 1. The molecule has 8 nitrogen and oxygen atoms in total. The van der Waals surface area contributed by atoms with Gasteiger partial charge >= 0.3 is 0 Å². The van der Waals surface area contributed by atoms with Gasteiger partial charge < -0.3 is 10.0 Å². The number of rotatable bonds is 4. The molecule has 0 aromatic carbocycles. The first-order valence-corrected chi connectivity index (χ1v) is 10.4. The normalized spacial score (nSPS) is 19.5. The molecule has 2 aliphatic heterocycles. The lowest BCUT2D eigenvalue weighted by atomic mass is 9.79. The lowest BCUT2D eigenvalue weighted by molar-refractivity contribution is -0.122. The Hall–Kier alpha value is -2.00.